The normalized spacial score (nSPS) is 23.7. The second kappa shape index (κ2) is 27.3. The molecule has 7 heterocycles. The first-order valence-corrected chi connectivity index (χ1v) is 35.9. The number of aryl methyl sites for hydroxylation is 1. The molecule has 6 aliphatic rings. The third kappa shape index (κ3) is 14.7. The van der Waals surface area contributed by atoms with Crippen LogP contribution in [0.1, 0.15) is 182 Å². The van der Waals surface area contributed by atoms with E-state index in [0.717, 1.165) is 156 Å². The summed E-state index contributed by atoms with van der Waals surface area (Å²) >= 11 is 3.16. The number of pyridine rings is 1. The molecule has 4 saturated carbocycles. The van der Waals surface area contributed by atoms with Gasteiger partial charge in [0.2, 0.25) is 17.7 Å². The van der Waals surface area contributed by atoms with Gasteiger partial charge < -0.3 is 45.6 Å². The average Bonchev–Trinajstić information content (AvgIpc) is 1.26. The van der Waals surface area contributed by atoms with Gasteiger partial charge in [-0.3, -0.25) is 19.1 Å². The first-order chi connectivity index (χ1) is 45.3. The molecular formula is C73H95N13O7S2. The molecule has 13 rings (SSSR count). The van der Waals surface area contributed by atoms with E-state index in [1.807, 2.05) is 113 Å². The second-order valence-corrected chi connectivity index (χ2v) is 32.2. The quantitative estimate of drug-likeness (QED) is 0.0316. The first kappa shape index (κ1) is 67.7. The van der Waals surface area contributed by atoms with Crippen molar-refractivity contribution in [3.8, 4) is 21.6 Å². The van der Waals surface area contributed by atoms with Crippen LogP contribution in [0.4, 0.5) is 22.6 Å². The number of carbonyl (C=O) groups is 4. The van der Waals surface area contributed by atoms with Crippen LogP contribution in [0.5, 0.6) is 0 Å². The summed E-state index contributed by atoms with van der Waals surface area (Å²) in [5.74, 6) is -0.112. The molecule has 2 aromatic carbocycles. The van der Waals surface area contributed by atoms with Gasteiger partial charge in [0.05, 0.1) is 56.8 Å². The number of β-amino-alcohol motifs (C(OH)–C–C–N with tert-alkyl or cyclic N) is 1. The van der Waals surface area contributed by atoms with Crippen molar-refractivity contribution in [2.45, 2.75) is 201 Å². The van der Waals surface area contributed by atoms with E-state index in [9.17, 15) is 29.4 Å². The van der Waals surface area contributed by atoms with Crippen molar-refractivity contribution in [2.75, 3.05) is 50.1 Å². The van der Waals surface area contributed by atoms with Crippen LogP contribution in [0.25, 0.3) is 31.8 Å². The summed E-state index contributed by atoms with van der Waals surface area (Å²) in [6, 6.07) is 17.8. The lowest BCUT2D eigenvalue weighted by Gasteiger charge is -2.69. The lowest BCUT2D eigenvalue weighted by molar-refractivity contribution is -0.248. The number of likely N-dealkylation sites (N-methyl/N-ethyl adjacent to an activating group) is 1. The molecule has 5 N–H and O–H groups in total. The number of aliphatic hydroxyl groups is 1. The van der Waals surface area contributed by atoms with Gasteiger partial charge in [-0.15, -0.1) is 21.5 Å². The summed E-state index contributed by atoms with van der Waals surface area (Å²) in [4.78, 5) is 75.6. The zero-order valence-electron chi connectivity index (χ0n) is 57.0. The number of aromatic carboxylic acids is 1. The number of hydrogen-bond donors (Lipinski definition) is 5. The largest absolute Gasteiger partial charge is 0.476 e. The molecule has 1 saturated heterocycles. The number of aliphatic hydroxyl groups excluding tert-OH is 1. The fourth-order valence-electron chi connectivity index (χ4n) is 17.4. The number of carboxylic acid groups (broad SMARTS) is 1. The third-order valence-corrected chi connectivity index (χ3v) is 22.9. The van der Waals surface area contributed by atoms with Crippen molar-refractivity contribution in [3.05, 3.63) is 106 Å². The van der Waals surface area contributed by atoms with Crippen molar-refractivity contribution in [1.29, 1.82) is 0 Å². The maximum Gasteiger partial charge on any atom is 0.355 e. The second-order valence-electron chi connectivity index (χ2n) is 30.3. The lowest BCUT2D eigenvalue weighted by atomic mass is 9.39. The number of carbonyl (C=O) groups excluding carboxylic acids is 3. The fraction of sp³-hybridized carbons (Fsp3) is 0.562. The number of likely N-dealkylation sites (tertiary alicyclic amines) is 1. The maximum atomic E-state index is 14.3. The number of para-hydroxylation sites is 1. The van der Waals surface area contributed by atoms with Gasteiger partial charge in [-0.25, -0.2) is 19.7 Å². The topological polar surface area (TPSA) is 246 Å². The number of ether oxygens (including phenoxy) is 1. The molecule has 0 radical (unpaired) electrons. The standard InChI is InChI=1S/C73H95N13O7S2/c1-45-52-20-19-31-84(64(52)82-81-63(45)80-68-77-55-21-16-17-22-57(55)95-68)58-29-28-53(60(78-58)67(91)92)54-35-75-86(48(54)4)43-72-38-70(8)37-71(9,39-72)41-73(40-70,42-72)93-33-32-83(10)30-18-14-12-11-13-15-23-59(88)79-62(69(5,6)7)66(90)85-36-51(87)34-56(85)65(89)76-46(2)49-24-26-50(27-25-49)61-47(3)74-44-94-61/h16-17,21-22,24-29,35,44,46,51,56,62,87H,11-15,18-20,23,30-34,36-43H2,1-10H3,(H,76,89)(H,79,88)(H,91,92)(H,77,80,81)/t46-,51+,56-,62+,70-,71+,72?,73?/m0/s1. The van der Waals surface area contributed by atoms with Gasteiger partial charge in [0.15, 0.2) is 22.5 Å². The number of thiazole rings is 2. The number of anilines is 4. The van der Waals surface area contributed by atoms with Gasteiger partial charge in [0.1, 0.15) is 17.9 Å². The summed E-state index contributed by atoms with van der Waals surface area (Å²) in [5, 5.41) is 46.1. The Hall–Kier alpha value is -7.24. The highest BCUT2D eigenvalue weighted by atomic mass is 32.1. The molecule has 2 aliphatic heterocycles. The van der Waals surface area contributed by atoms with Crippen LogP contribution < -0.4 is 20.9 Å². The Balaban J connectivity index is 0.587. The van der Waals surface area contributed by atoms with Crippen LogP contribution in [0, 0.1) is 42.4 Å². The molecular weight excluding hydrogens is 1240 g/mol. The van der Waals surface area contributed by atoms with E-state index in [2.05, 4.69) is 69.5 Å². The summed E-state index contributed by atoms with van der Waals surface area (Å²) in [6.07, 6.45) is 15.5. The summed E-state index contributed by atoms with van der Waals surface area (Å²) in [6.45, 7) is 22.6. The predicted octanol–water partition coefficient (Wildman–Crippen LogP) is 13.1. The van der Waals surface area contributed by atoms with Crippen LogP contribution in [0.3, 0.4) is 0 Å². The van der Waals surface area contributed by atoms with Crippen LogP contribution >= 0.6 is 22.7 Å². The lowest BCUT2D eigenvalue weighted by Crippen LogP contribution is -2.64. The highest BCUT2D eigenvalue weighted by molar-refractivity contribution is 7.22. The number of hydrogen-bond acceptors (Lipinski definition) is 17. The number of amides is 3. The minimum absolute atomic E-state index is 0.0148. The monoisotopic (exact) mass is 1330 g/mol. The number of fused-ring (bicyclic) bond motifs is 2. The van der Waals surface area contributed by atoms with Gasteiger partial charge in [0.25, 0.3) is 0 Å². The molecule has 22 heteroatoms. The number of nitrogens with one attached hydrogen (secondary N) is 3. The molecule has 95 heavy (non-hydrogen) atoms. The van der Waals surface area contributed by atoms with E-state index in [1.54, 1.807) is 22.7 Å². The molecule has 0 spiro atoms. The summed E-state index contributed by atoms with van der Waals surface area (Å²) < 4.78 is 10.4. The molecule has 3 amide bonds. The van der Waals surface area contributed by atoms with Crippen LogP contribution in [-0.4, -0.2) is 142 Å². The van der Waals surface area contributed by atoms with Crippen molar-refractivity contribution in [2.24, 2.45) is 21.7 Å². The molecule has 8 atom stereocenters. The van der Waals surface area contributed by atoms with Gasteiger partial charge in [-0.05, 0) is 163 Å². The SMILES string of the molecule is Cc1ncsc1-c1ccc([C@H](C)NC(=O)[C@@H]2C[C@@H](O)CN2C(=O)[C@@H](NC(=O)CCCCCCCCN(C)CCOC23CC4(Cn5ncc(-c6ccc(N7CCCc8c7nnc(Nc7nc9ccccc9s7)c8C)nc6C(=O)O)c5C)C[C@@](C)(C2)C[C@](C)(C4)C3)C(C)(C)C)cc1. The summed E-state index contributed by atoms with van der Waals surface area (Å²) in [7, 11) is 2.19. The van der Waals surface area contributed by atoms with Crippen molar-refractivity contribution in [3.63, 3.8) is 0 Å². The number of rotatable bonds is 26. The summed E-state index contributed by atoms with van der Waals surface area (Å²) in [5.41, 5.74) is 9.41. The van der Waals surface area contributed by atoms with Crippen molar-refractivity contribution in [1.82, 2.24) is 55.4 Å². The predicted molar refractivity (Wildman–Crippen MR) is 373 cm³/mol. The maximum absolute atomic E-state index is 14.3. The Labute approximate surface area is 566 Å². The minimum atomic E-state index is -1.10. The first-order valence-electron chi connectivity index (χ1n) is 34.2. The molecule has 4 bridgehead atoms. The van der Waals surface area contributed by atoms with Crippen molar-refractivity contribution < 1.29 is 34.1 Å². The van der Waals surface area contributed by atoms with E-state index >= 15 is 0 Å². The third-order valence-electron chi connectivity index (χ3n) is 20.9. The number of nitrogens with zero attached hydrogens (tertiary/aromatic N) is 10. The fourth-order valence-corrected chi connectivity index (χ4v) is 19.1. The average molecular weight is 1330 g/mol. The smallest absolute Gasteiger partial charge is 0.355 e. The van der Waals surface area contributed by atoms with Crippen LogP contribution in [0.15, 0.2) is 72.4 Å². The van der Waals surface area contributed by atoms with Crippen LogP contribution in [-0.2, 0) is 32.1 Å². The number of unbranched alkanes of at least 4 members (excludes halogenated alkanes) is 5. The molecule has 4 aliphatic carbocycles. The highest BCUT2D eigenvalue weighted by Gasteiger charge is 2.66. The number of benzene rings is 2. The van der Waals surface area contributed by atoms with E-state index < -0.39 is 29.6 Å². The Kier molecular flexibility index (Phi) is 19.5. The Morgan fingerprint density at radius 2 is 1.59 bits per heavy atom. The molecule has 5 fully saturated rings. The van der Waals surface area contributed by atoms with Crippen molar-refractivity contribution >= 4 is 79.2 Å². The number of carboxylic acids is 1. The van der Waals surface area contributed by atoms with E-state index in [0.29, 0.717) is 49.0 Å². The molecule has 7 aromatic rings. The Bertz CT molecular complexity index is 3920. The highest BCUT2D eigenvalue weighted by Crippen LogP contribution is 2.72. The van der Waals surface area contributed by atoms with Gasteiger partial charge in [-0.1, -0.05) is 108 Å². The minimum Gasteiger partial charge on any atom is -0.476 e. The molecule has 20 nitrogen and oxygen atoms in total. The molecule has 2 unspecified atom stereocenters. The number of aromatic nitrogens is 7. The van der Waals surface area contributed by atoms with E-state index in [1.165, 1.54) is 11.3 Å². The van der Waals surface area contributed by atoms with Gasteiger partial charge in [-0.2, -0.15) is 5.10 Å². The van der Waals surface area contributed by atoms with Gasteiger partial charge in [0, 0.05) is 67.0 Å². The van der Waals surface area contributed by atoms with Crippen LogP contribution in [0.2, 0.25) is 0 Å². The van der Waals surface area contributed by atoms with Gasteiger partial charge >= 0.3 is 5.97 Å². The Morgan fingerprint density at radius 3 is 2.31 bits per heavy atom. The zero-order chi connectivity index (χ0) is 67.2. The van der Waals surface area contributed by atoms with E-state index in [-0.39, 0.29) is 64.3 Å². The Morgan fingerprint density at radius 1 is 0.853 bits per heavy atom. The zero-order valence-corrected chi connectivity index (χ0v) is 58.7. The van der Waals surface area contributed by atoms with E-state index in [4.69, 9.17) is 24.9 Å². The molecule has 5 aromatic heterocycles. The molecule has 506 valence electrons.